The number of hydrogen-bond donors (Lipinski definition) is 0. The summed E-state index contributed by atoms with van der Waals surface area (Å²) in [7, 11) is 1.68. The van der Waals surface area contributed by atoms with Crippen molar-refractivity contribution in [1.29, 1.82) is 0 Å². The molecule has 1 aromatic carbocycles. The Morgan fingerprint density at radius 3 is 2.75 bits per heavy atom. The van der Waals surface area contributed by atoms with Crippen molar-refractivity contribution in [2.45, 2.75) is 12.3 Å². The highest BCUT2D eigenvalue weighted by Crippen LogP contribution is 2.16. The van der Waals surface area contributed by atoms with Gasteiger partial charge in [0.1, 0.15) is 5.82 Å². The SMILES string of the molecule is CC(Cl)CN(C)C(=O)c1ccc(F)cc1I. The topological polar surface area (TPSA) is 20.3 Å². The molecule has 0 saturated carbocycles. The van der Waals surface area contributed by atoms with E-state index >= 15 is 0 Å². The first kappa shape index (κ1) is 13.7. The molecule has 88 valence electrons. The normalized spacial score (nSPS) is 12.3. The van der Waals surface area contributed by atoms with Gasteiger partial charge >= 0.3 is 0 Å². The molecule has 0 fully saturated rings. The zero-order valence-electron chi connectivity index (χ0n) is 9.01. The van der Waals surface area contributed by atoms with Crippen LogP contribution in [0.15, 0.2) is 18.2 Å². The van der Waals surface area contributed by atoms with E-state index in [1.807, 2.05) is 29.5 Å². The van der Waals surface area contributed by atoms with Crippen molar-refractivity contribution in [3.05, 3.63) is 33.1 Å². The molecule has 2 nitrogen and oxygen atoms in total. The number of nitrogens with zero attached hydrogens (tertiary/aromatic N) is 1. The fraction of sp³-hybridized carbons (Fsp3) is 0.364. The van der Waals surface area contributed by atoms with Crippen LogP contribution < -0.4 is 0 Å². The van der Waals surface area contributed by atoms with Crippen molar-refractivity contribution in [2.75, 3.05) is 13.6 Å². The Morgan fingerprint density at radius 2 is 2.25 bits per heavy atom. The highest BCUT2D eigenvalue weighted by molar-refractivity contribution is 14.1. The molecule has 0 bridgehead atoms. The Kier molecular flexibility index (Phi) is 4.98. The van der Waals surface area contributed by atoms with Gasteiger partial charge < -0.3 is 4.90 Å². The predicted octanol–water partition coefficient (Wildman–Crippen LogP) is 3.13. The minimum Gasteiger partial charge on any atom is -0.340 e. The predicted molar refractivity (Wildman–Crippen MR) is 71.4 cm³/mol. The van der Waals surface area contributed by atoms with Crippen LogP contribution in [-0.2, 0) is 0 Å². The van der Waals surface area contributed by atoms with Crippen LogP contribution in [0.25, 0.3) is 0 Å². The van der Waals surface area contributed by atoms with Gasteiger partial charge in [-0.15, -0.1) is 11.6 Å². The molecule has 0 aliphatic rings. The first-order valence-electron chi connectivity index (χ1n) is 4.76. The van der Waals surface area contributed by atoms with Gasteiger partial charge in [0, 0.05) is 22.5 Å². The van der Waals surface area contributed by atoms with Gasteiger partial charge in [-0.1, -0.05) is 0 Å². The van der Waals surface area contributed by atoms with Gasteiger partial charge in [0.15, 0.2) is 0 Å². The van der Waals surface area contributed by atoms with E-state index in [2.05, 4.69) is 0 Å². The first-order chi connectivity index (χ1) is 7.41. The molecule has 1 unspecified atom stereocenters. The number of amides is 1. The second-order valence-electron chi connectivity index (χ2n) is 3.59. The van der Waals surface area contributed by atoms with E-state index in [1.165, 1.54) is 23.1 Å². The standard InChI is InChI=1S/C11H12ClFINO/c1-7(12)6-15(2)11(16)9-4-3-8(13)5-10(9)14/h3-5,7H,6H2,1-2H3. The molecule has 0 aliphatic carbocycles. The average molecular weight is 356 g/mol. The summed E-state index contributed by atoms with van der Waals surface area (Å²) in [5.41, 5.74) is 0.502. The highest BCUT2D eigenvalue weighted by atomic mass is 127. The van der Waals surface area contributed by atoms with E-state index in [4.69, 9.17) is 11.6 Å². The Bertz CT molecular complexity index is 398. The van der Waals surface area contributed by atoms with Crippen molar-refractivity contribution in [1.82, 2.24) is 4.90 Å². The molecule has 5 heteroatoms. The van der Waals surface area contributed by atoms with Gasteiger partial charge in [-0.3, -0.25) is 4.79 Å². The lowest BCUT2D eigenvalue weighted by molar-refractivity contribution is 0.0795. The fourth-order valence-electron chi connectivity index (χ4n) is 1.33. The van der Waals surface area contributed by atoms with Crippen LogP contribution in [0.1, 0.15) is 17.3 Å². The monoisotopic (exact) mass is 355 g/mol. The van der Waals surface area contributed by atoms with Crippen LogP contribution in [0.4, 0.5) is 4.39 Å². The lowest BCUT2D eigenvalue weighted by Gasteiger charge is -2.19. The van der Waals surface area contributed by atoms with E-state index in [9.17, 15) is 9.18 Å². The molecule has 1 aromatic rings. The van der Waals surface area contributed by atoms with E-state index in [1.54, 1.807) is 7.05 Å². The van der Waals surface area contributed by atoms with E-state index in [0.717, 1.165) is 0 Å². The van der Waals surface area contributed by atoms with Gasteiger partial charge in [-0.2, -0.15) is 0 Å². The van der Waals surface area contributed by atoms with E-state index < -0.39 is 0 Å². The summed E-state index contributed by atoms with van der Waals surface area (Å²) in [6, 6.07) is 4.12. The molecule has 0 saturated heterocycles. The Balaban J connectivity index is 2.88. The molecule has 0 N–H and O–H groups in total. The molecule has 1 rings (SSSR count). The first-order valence-corrected chi connectivity index (χ1v) is 6.28. The fourth-order valence-corrected chi connectivity index (χ4v) is 2.24. The van der Waals surface area contributed by atoms with Crippen molar-refractivity contribution in [3.63, 3.8) is 0 Å². The van der Waals surface area contributed by atoms with Crippen LogP contribution in [0.2, 0.25) is 0 Å². The van der Waals surface area contributed by atoms with Crippen molar-refractivity contribution in [2.24, 2.45) is 0 Å². The number of benzene rings is 1. The number of rotatable bonds is 3. The molecule has 0 aromatic heterocycles. The molecule has 16 heavy (non-hydrogen) atoms. The maximum atomic E-state index is 12.9. The summed E-state index contributed by atoms with van der Waals surface area (Å²) in [4.78, 5) is 13.5. The molecule has 0 heterocycles. The van der Waals surface area contributed by atoms with Gasteiger partial charge in [0.25, 0.3) is 5.91 Å². The third kappa shape index (κ3) is 3.59. The quantitative estimate of drug-likeness (QED) is 0.602. The van der Waals surface area contributed by atoms with Crippen LogP contribution >= 0.6 is 34.2 Å². The molecule has 0 aliphatic heterocycles. The third-order valence-corrected chi connectivity index (χ3v) is 3.06. The smallest absolute Gasteiger partial charge is 0.254 e. The summed E-state index contributed by atoms with van der Waals surface area (Å²) in [6.45, 7) is 2.29. The molecule has 0 radical (unpaired) electrons. The molecule has 0 spiro atoms. The van der Waals surface area contributed by atoms with Crippen LogP contribution in [-0.4, -0.2) is 29.8 Å². The molecule has 1 amide bonds. The largest absolute Gasteiger partial charge is 0.340 e. The highest BCUT2D eigenvalue weighted by Gasteiger charge is 2.16. The van der Waals surface area contributed by atoms with E-state index in [-0.39, 0.29) is 17.1 Å². The minimum atomic E-state index is -0.339. The summed E-state index contributed by atoms with van der Waals surface area (Å²) in [5, 5.41) is -0.105. The van der Waals surface area contributed by atoms with Gasteiger partial charge in [0.2, 0.25) is 0 Å². The Morgan fingerprint density at radius 1 is 1.62 bits per heavy atom. The van der Waals surface area contributed by atoms with Crippen LogP contribution in [0.3, 0.4) is 0 Å². The van der Waals surface area contributed by atoms with Crippen molar-refractivity contribution >= 4 is 40.1 Å². The number of hydrogen-bond acceptors (Lipinski definition) is 1. The molecular weight excluding hydrogens is 343 g/mol. The van der Waals surface area contributed by atoms with Crippen LogP contribution in [0.5, 0.6) is 0 Å². The lowest BCUT2D eigenvalue weighted by Crippen LogP contribution is -2.31. The maximum Gasteiger partial charge on any atom is 0.254 e. The summed E-state index contributed by atoms with van der Waals surface area (Å²) >= 11 is 7.76. The number of alkyl halides is 1. The van der Waals surface area contributed by atoms with Crippen molar-refractivity contribution in [3.8, 4) is 0 Å². The summed E-state index contributed by atoms with van der Waals surface area (Å²) < 4.78 is 13.5. The van der Waals surface area contributed by atoms with Gasteiger partial charge in [0.05, 0.1) is 5.56 Å². The zero-order valence-corrected chi connectivity index (χ0v) is 11.9. The summed E-state index contributed by atoms with van der Waals surface area (Å²) in [6.07, 6.45) is 0. The number of carbonyl (C=O) groups excluding carboxylic acids is 1. The van der Waals surface area contributed by atoms with Gasteiger partial charge in [-0.05, 0) is 47.7 Å². The molecule has 1 atom stereocenters. The van der Waals surface area contributed by atoms with Crippen LogP contribution in [0, 0.1) is 9.39 Å². The van der Waals surface area contributed by atoms with E-state index in [0.29, 0.717) is 15.7 Å². The Hall–Kier alpha value is -0.360. The Labute approximate surface area is 113 Å². The zero-order chi connectivity index (χ0) is 12.3. The lowest BCUT2D eigenvalue weighted by atomic mass is 10.2. The average Bonchev–Trinajstić information content (AvgIpc) is 2.15. The summed E-state index contributed by atoms with van der Waals surface area (Å²) in [5.74, 6) is -0.480. The van der Waals surface area contributed by atoms with Crippen molar-refractivity contribution < 1.29 is 9.18 Å². The number of halogens is 3. The maximum absolute atomic E-state index is 12.9. The second-order valence-corrected chi connectivity index (χ2v) is 5.50. The van der Waals surface area contributed by atoms with Gasteiger partial charge in [-0.25, -0.2) is 4.39 Å². The second kappa shape index (κ2) is 5.82. The number of carbonyl (C=O) groups is 1. The third-order valence-electron chi connectivity index (χ3n) is 2.03. The minimum absolute atomic E-state index is 0.105. The molecular formula is C11H12ClFINO.